The van der Waals surface area contributed by atoms with Gasteiger partial charge in [0.2, 0.25) is 0 Å². The summed E-state index contributed by atoms with van der Waals surface area (Å²) in [5.74, 6) is -1.69. The zero-order valence-electron chi connectivity index (χ0n) is 10.3. The van der Waals surface area contributed by atoms with Crippen molar-refractivity contribution in [1.82, 2.24) is 15.3 Å². The first-order valence-corrected chi connectivity index (χ1v) is 5.80. The van der Waals surface area contributed by atoms with E-state index in [1.54, 1.807) is 7.05 Å². The van der Waals surface area contributed by atoms with E-state index in [1.165, 1.54) is 12.3 Å². The van der Waals surface area contributed by atoms with E-state index >= 15 is 0 Å². The van der Waals surface area contributed by atoms with E-state index < -0.39 is 11.6 Å². The molecule has 0 spiro atoms. The van der Waals surface area contributed by atoms with Crippen molar-refractivity contribution in [3.63, 3.8) is 0 Å². The molecule has 0 aliphatic heterocycles. The highest BCUT2D eigenvalue weighted by atomic mass is 19.2. The third kappa shape index (κ3) is 3.03. The molecule has 2 N–H and O–H groups in total. The van der Waals surface area contributed by atoms with Crippen molar-refractivity contribution in [1.29, 1.82) is 0 Å². The Morgan fingerprint density at radius 2 is 2.11 bits per heavy atom. The summed E-state index contributed by atoms with van der Waals surface area (Å²) in [6.07, 6.45) is 2.00. The quantitative estimate of drug-likeness (QED) is 0.880. The number of nitrogens with zero attached hydrogens (tertiary/aromatic N) is 1. The average Bonchev–Trinajstić information content (AvgIpc) is 2.40. The Labute approximate surface area is 108 Å². The Kier molecular flexibility index (Phi) is 4.01. The SMILES string of the molecule is CNCCc1cnc(-c2ccc(F)c(F)c2)[nH]c1=O. The monoisotopic (exact) mass is 265 g/mol. The smallest absolute Gasteiger partial charge is 0.254 e. The van der Waals surface area contributed by atoms with Gasteiger partial charge in [-0.25, -0.2) is 13.8 Å². The number of hydrogen-bond donors (Lipinski definition) is 2. The Morgan fingerprint density at radius 3 is 2.74 bits per heavy atom. The lowest BCUT2D eigenvalue weighted by atomic mass is 10.2. The van der Waals surface area contributed by atoms with E-state index in [9.17, 15) is 13.6 Å². The van der Waals surface area contributed by atoms with Crippen LogP contribution < -0.4 is 10.9 Å². The molecule has 0 amide bonds. The van der Waals surface area contributed by atoms with E-state index in [1.807, 2.05) is 0 Å². The Morgan fingerprint density at radius 1 is 1.32 bits per heavy atom. The highest BCUT2D eigenvalue weighted by molar-refractivity contribution is 5.54. The van der Waals surface area contributed by atoms with E-state index in [-0.39, 0.29) is 11.4 Å². The van der Waals surface area contributed by atoms with Crippen LogP contribution in [0.1, 0.15) is 5.56 Å². The van der Waals surface area contributed by atoms with Gasteiger partial charge in [0, 0.05) is 17.3 Å². The summed E-state index contributed by atoms with van der Waals surface area (Å²) < 4.78 is 25.9. The highest BCUT2D eigenvalue weighted by Crippen LogP contribution is 2.16. The van der Waals surface area contributed by atoms with Crippen LogP contribution in [0, 0.1) is 11.6 Å². The van der Waals surface area contributed by atoms with Crippen LogP contribution in [0.5, 0.6) is 0 Å². The first-order chi connectivity index (χ1) is 9.11. The molecule has 0 radical (unpaired) electrons. The normalized spacial score (nSPS) is 10.7. The van der Waals surface area contributed by atoms with Crippen molar-refractivity contribution in [2.75, 3.05) is 13.6 Å². The summed E-state index contributed by atoms with van der Waals surface area (Å²) in [6, 6.07) is 3.37. The van der Waals surface area contributed by atoms with Crippen molar-refractivity contribution >= 4 is 0 Å². The van der Waals surface area contributed by atoms with Crippen LogP contribution in [0.15, 0.2) is 29.2 Å². The predicted octanol–water partition coefficient (Wildman–Crippen LogP) is 1.48. The number of nitrogens with one attached hydrogen (secondary N) is 2. The molecule has 0 saturated carbocycles. The van der Waals surface area contributed by atoms with E-state index in [2.05, 4.69) is 15.3 Å². The highest BCUT2D eigenvalue weighted by Gasteiger charge is 2.08. The second-order valence-electron chi connectivity index (χ2n) is 4.07. The van der Waals surface area contributed by atoms with Gasteiger partial charge in [-0.15, -0.1) is 0 Å². The minimum absolute atomic E-state index is 0.220. The van der Waals surface area contributed by atoms with Crippen LogP contribution in [0.4, 0.5) is 8.78 Å². The largest absolute Gasteiger partial charge is 0.319 e. The Hall–Kier alpha value is -2.08. The number of aromatic nitrogens is 2. The predicted molar refractivity (Wildman–Crippen MR) is 67.8 cm³/mol. The molecule has 0 aliphatic carbocycles. The first kappa shape index (κ1) is 13.4. The fourth-order valence-electron chi connectivity index (χ4n) is 1.65. The maximum absolute atomic E-state index is 13.1. The van der Waals surface area contributed by atoms with Crippen molar-refractivity contribution in [2.45, 2.75) is 6.42 Å². The molecule has 100 valence electrons. The molecule has 4 nitrogen and oxygen atoms in total. The summed E-state index contributed by atoms with van der Waals surface area (Å²) in [4.78, 5) is 18.4. The number of H-pyrrole nitrogens is 1. The molecule has 1 heterocycles. The summed E-state index contributed by atoms with van der Waals surface area (Å²) in [6.45, 7) is 0.662. The van der Waals surface area contributed by atoms with Gasteiger partial charge in [0.25, 0.3) is 5.56 Å². The second kappa shape index (κ2) is 5.71. The topological polar surface area (TPSA) is 57.8 Å². The van der Waals surface area contributed by atoms with Crippen LogP contribution in [0.2, 0.25) is 0 Å². The van der Waals surface area contributed by atoms with Crippen LogP contribution in [-0.2, 0) is 6.42 Å². The van der Waals surface area contributed by atoms with Gasteiger partial charge in [0.15, 0.2) is 11.6 Å². The summed E-state index contributed by atoms with van der Waals surface area (Å²) in [5, 5.41) is 2.93. The van der Waals surface area contributed by atoms with Crippen molar-refractivity contribution in [2.24, 2.45) is 0 Å². The van der Waals surface area contributed by atoms with Gasteiger partial charge in [-0.05, 0) is 38.2 Å². The minimum Gasteiger partial charge on any atom is -0.319 e. The van der Waals surface area contributed by atoms with Crippen LogP contribution in [0.3, 0.4) is 0 Å². The second-order valence-corrected chi connectivity index (χ2v) is 4.07. The maximum atomic E-state index is 13.1. The van der Waals surface area contributed by atoms with Gasteiger partial charge in [-0.2, -0.15) is 0 Å². The lowest BCUT2D eigenvalue weighted by Crippen LogP contribution is -2.19. The summed E-state index contributed by atoms with van der Waals surface area (Å²) in [5.41, 5.74) is 0.599. The van der Waals surface area contributed by atoms with E-state index in [0.717, 1.165) is 12.1 Å². The standard InChI is InChI=1S/C13H13F2N3O/c1-16-5-4-9-7-17-12(18-13(9)19)8-2-3-10(14)11(15)6-8/h2-3,6-7,16H,4-5H2,1H3,(H,17,18,19). The lowest BCUT2D eigenvalue weighted by Gasteiger charge is -2.04. The Bertz CT molecular complexity index is 640. The zero-order chi connectivity index (χ0) is 13.8. The first-order valence-electron chi connectivity index (χ1n) is 5.80. The fraction of sp³-hybridized carbons (Fsp3) is 0.231. The van der Waals surface area contributed by atoms with Crippen molar-refractivity contribution < 1.29 is 8.78 Å². The molecular formula is C13H13F2N3O. The number of halogens is 2. The fourth-order valence-corrected chi connectivity index (χ4v) is 1.65. The molecule has 19 heavy (non-hydrogen) atoms. The van der Waals surface area contributed by atoms with Gasteiger partial charge in [-0.1, -0.05) is 0 Å². The van der Waals surface area contributed by atoms with Gasteiger partial charge in [0.05, 0.1) is 0 Å². The third-order valence-corrected chi connectivity index (χ3v) is 2.71. The zero-order valence-corrected chi connectivity index (χ0v) is 10.3. The molecule has 0 bridgehead atoms. The summed E-state index contributed by atoms with van der Waals surface area (Å²) >= 11 is 0. The molecule has 1 aromatic heterocycles. The molecule has 0 unspecified atom stereocenters. The number of likely N-dealkylation sites (N-methyl/N-ethyl adjacent to an activating group) is 1. The molecular weight excluding hydrogens is 252 g/mol. The number of hydrogen-bond acceptors (Lipinski definition) is 3. The maximum Gasteiger partial charge on any atom is 0.254 e. The van der Waals surface area contributed by atoms with E-state index in [4.69, 9.17) is 0 Å². The third-order valence-electron chi connectivity index (χ3n) is 2.71. The van der Waals surface area contributed by atoms with E-state index in [0.29, 0.717) is 24.1 Å². The molecule has 0 atom stereocenters. The van der Waals surface area contributed by atoms with Crippen LogP contribution >= 0.6 is 0 Å². The van der Waals surface area contributed by atoms with Gasteiger partial charge < -0.3 is 10.3 Å². The molecule has 2 aromatic rings. The number of rotatable bonds is 4. The number of aromatic amines is 1. The molecule has 0 aliphatic rings. The molecule has 0 fully saturated rings. The molecule has 6 heteroatoms. The lowest BCUT2D eigenvalue weighted by molar-refractivity contribution is 0.509. The molecule has 0 saturated heterocycles. The Balaban J connectivity index is 2.33. The van der Waals surface area contributed by atoms with Crippen molar-refractivity contribution in [3.8, 4) is 11.4 Å². The van der Waals surface area contributed by atoms with Gasteiger partial charge >= 0.3 is 0 Å². The van der Waals surface area contributed by atoms with Gasteiger partial charge in [0.1, 0.15) is 5.82 Å². The number of benzene rings is 1. The van der Waals surface area contributed by atoms with Crippen LogP contribution in [0.25, 0.3) is 11.4 Å². The van der Waals surface area contributed by atoms with Crippen molar-refractivity contribution in [3.05, 3.63) is 51.9 Å². The molecule has 2 rings (SSSR count). The average molecular weight is 265 g/mol. The van der Waals surface area contributed by atoms with Gasteiger partial charge in [-0.3, -0.25) is 4.79 Å². The minimum atomic E-state index is -0.973. The summed E-state index contributed by atoms with van der Waals surface area (Å²) in [7, 11) is 1.79. The molecule has 1 aromatic carbocycles. The van der Waals surface area contributed by atoms with Crippen LogP contribution in [-0.4, -0.2) is 23.6 Å².